The van der Waals surface area contributed by atoms with Crippen molar-refractivity contribution in [2.24, 2.45) is 5.11 Å². The minimum absolute atomic E-state index is 0.372. The number of hydrogen-bond donors (Lipinski definition) is 0. The average molecular weight is 226 g/mol. The van der Waals surface area contributed by atoms with Crippen molar-refractivity contribution < 1.29 is 12.6 Å². The molecule has 1 fully saturated rings. The maximum Gasteiger partial charge on any atom is 0.281 e. The molecule has 0 saturated heterocycles. The lowest BCUT2D eigenvalue weighted by Crippen LogP contribution is -2.39. The Morgan fingerprint density at radius 1 is 1.62 bits per heavy atom. The first-order chi connectivity index (χ1) is 6.09. The highest BCUT2D eigenvalue weighted by molar-refractivity contribution is 7.87. The van der Waals surface area contributed by atoms with E-state index in [2.05, 4.69) is 14.2 Å². The molecule has 0 aromatic rings. The summed E-state index contributed by atoms with van der Waals surface area (Å²) in [4.78, 5) is 2.58. The van der Waals surface area contributed by atoms with Gasteiger partial charge in [0.2, 0.25) is 0 Å². The van der Waals surface area contributed by atoms with Crippen molar-refractivity contribution in [1.29, 1.82) is 0 Å². The molecular weight excluding hydrogens is 218 g/mol. The van der Waals surface area contributed by atoms with Gasteiger partial charge in [-0.1, -0.05) is 5.11 Å². The molecule has 6 nitrogen and oxygen atoms in total. The quantitative estimate of drug-likeness (QED) is 0.238. The van der Waals surface area contributed by atoms with Gasteiger partial charge in [-0.3, -0.25) is 4.18 Å². The van der Waals surface area contributed by atoms with E-state index in [9.17, 15) is 8.42 Å². The van der Waals surface area contributed by atoms with Gasteiger partial charge in [-0.05, 0) is 18.4 Å². The maximum atomic E-state index is 10.9. The molecule has 0 amide bonds. The van der Waals surface area contributed by atoms with E-state index in [0.29, 0.717) is 12.8 Å². The van der Waals surface area contributed by atoms with Crippen LogP contribution >= 0.6 is 11.6 Å². The van der Waals surface area contributed by atoms with Gasteiger partial charge in [0.1, 0.15) is 5.21 Å². The zero-order chi connectivity index (χ0) is 9.90. The van der Waals surface area contributed by atoms with Crippen LogP contribution in [-0.2, 0) is 14.3 Å². The van der Waals surface area contributed by atoms with Crippen molar-refractivity contribution in [2.45, 2.75) is 25.0 Å². The molecule has 74 valence electrons. The monoisotopic (exact) mass is 225 g/mol. The third-order valence-electron chi connectivity index (χ3n) is 1.78. The Balaban J connectivity index is 2.52. The summed E-state index contributed by atoms with van der Waals surface area (Å²) in [5.41, 5.74) is 8.10. The van der Waals surface area contributed by atoms with Crippen LogP contribution in [0.2, 0.25) is 0 Å². The molecule has 0 aliphatic heterocycles. The second kappa shape index (κ2) is 4.15. The van der Waals surface area contributed by atoms with Crippen LogP contribution in [0.15, 0.2) is 5.11 Å². The van der Waals surface area contributed by atoms with Crippen LogP contribution in [0.4, 0.5) is 0 Å². The number of azide groups is 1. The van der Waals surface area contributed by atoms with E-state index in [0.717, 1.165) is 0 Å². The summed E-state index contributed by atoms with van der Waals surface area (Å²) < 4.78 is 26.4. The Morgan fingerprint density at radius 3 is 2.69 bits per heavy atom. The van der Waals surface area contributed by atoms with Crippen LogP contribution in [-0.4, -0.2) is 25.8 Å². The second-order valence-corrected chi connectivity index (χ2v) is 4.83. The lowest BCUT2D eigenvalue weighted by molar-refractivity contribution is 0.101. The predicted octanol–water partition coefficient (Wildman–Crippen LogP) is 1.37. The van der Waals surface area contributed by atoms with E-state index in [-0.39, 0.29) is 6.04 Å². The fourth-order valence-corrected chi connectivity index (χ4v) is 1.78. The molecule has 13 heavy (non-hydrogen) atoms. The van der Waals surface area contributed by atoms with Gasteiger partial charge in [0.25, 0.3) is 10.1 Å². The summed E-state index contributed by atoms with van der Waals surface area (Å²) >= 11 is 5.13. The van der Waals surface area contributed by atoms with Crippen molar-refractivity contribution in [3.63, 3.8) is 0 Å². The summed E-state index contributed by atoms with van der Waals surface area (Å²) in [6, 6.07) is -0.372. The van der Waals surface area contributed by atoms with Crippen LogP contribution < -0.4 is 0 Å². The Kier molecular flexibility index (Phi) is 3.38. The van der Waals surface area contributed by atoms with Gasteiger partial charge in [-0.25, -0.2) is 0 Å². The van der Waals surface area contributed by atoms with E-state index in [1.807, 2.05) is 0 Å². The lowest BCUT2D eigenvalue weighted by atomic mass is 9.90. The van der Waals surface area contributed by atoms with Gasteiger partial charge in [-0.15, -0.1) is 11.6 Å². The van der Waals surface area contributed by atoms with E-state index in [1.54, 1.807) is 0 Å². The summed E-state index contributed by atoms with van der Waals surface area (Å²) in [6.07, 6.45) is 0.714. The first-order valence-corrected chi connectivity index (χ1v) is 5.71. The second-order valence-electron chi connectivity index (χ2n) is 2.65. The minimum Gasteiger partial charge on any atom is -0.265 e. The fraction of sp³-hybridized carbons (Fsp3) is 1.00. The Bertz CT molecular complexity index is 324. The minimum atomic E-state index is -3.65. The molecule has 1 rings (SSSR count). The van der Waals surface area contributed by atoms with Crippen molar-refractivity contribution in [1.82, 2.24) is 0 Å². The molecular formula is C5H8ClN3O3S. The first-order valence-electron chi connectivity index (χ1n) is 3.60. The molecule has 1 aliphatic rings. The smallest absolute Gasteiger partial charge is 0.265 e. The topological polar surface area (TPSA) is 92.1 Å². The van der Waals surface area contributed by atoms with Crippen LogP contribution in [0.5, 0.6) is 0 Å². The number of nitrogens with zero attached hydrogens (tertiary/aromatic N) is 3. The number of rotatable bonds is 4. The number of alkyl halides is 1. The molecule has 2 atom stereocenters. The summed E-state index contributed by atoms with van der Waals surface area (Å²) in [5.74, 6) is 0. The molecule has 0 aromatic heterocycles. The normalized spacial score (nSPS) is 27.5. The molecule has 1 saturated carbocycles. The fourth-order valence-electron chi connectivity index (χ4n) is 0.977. The zero-order valence-electron chi connectivity index (χ0n) is 6.63. The summed E-state index contributed by atoms with van der Waals surface area (Å²) in [5, 5.41) is 2.80. The number of halogens is 1. The highest BCUT2D eigenvalue weighted by Gasteiger charge is 2.34. The third-order valence-corrected chi connectivity index (χ3v) is 3.39. The molecule has 0 bridgehead atoms. The summed E-state index contributed by atoms with van der Waals surface area (Å²) in [6.45, 7) is 0. The van der Waals surface area contributed by atoms with Crippen molar-refractivity contribution in [2.75, 3.05) is 5.21 Å². The average Bonchev–Trinajstić information content (AvgIpc) is 2.09. The van der Waals surface area contributed by atoms with Gasteiger partial charge in [0.05, 0.1) is 12.1 Å². The third kappa shape index (κ3) is 2.73. The zero-order valence-corrected chi connectivity index (χ0v) is 8.20. The Labute approximate surface area is 80.6 Å². The molecule has 0 N–H and O–H groups in total. The molecule has 0 heterocycles. The van der Waals surface area contributed by atoms with Gasteiger partial charge in [0, 0.05) is 4.91 Å². The standard InChI is InChI=1S/C5H8ClN3O3S/c6-3-13(10,11)12-5-2-1-4(5)8-9-7/h4-5H,1-3H2/t4-,5-/m1/s1. The van der Waals surface area contributed by atoms with Crippen molar-refractivity contribution in [3.05, 3.63) is 10.4 Å². The maximum absolute atomic E-state index is 10.9. The molecule has 0 unspecified atom stereocenters. The van der Waals surface area contributed by atoms with Crippen LogP contribution in [0.3, 0.4) is 0 Å². The lowest BCUT2D eigenvalue weighted by Gasteiger charge is -2.31. The van der Waals surface area contributed by atoms with E-state index >= 15 is 0 Å². The van der Waals surface area contributed by atoms with Crippen molar-refractivity contribution >= 4 is 21.7 Å². The highest BCUT2D eigenvalue weighted by atomic mass is 35.5. The number of hydrogen-bond acceptors (Lipinski definition) is 4. The Hall–Kier alpha value is -0.490. The van der Waals surface area contributed by atoms with Gasteiger partial charge >= 0.3 is 0 Å². The molecule has 0 aromatic carbocycles. The van der Waals surface area contributed by atoms with Gasteiger partial charge in [0.15, 0.2) is 0 Å². The van der Waals surface area contributed by atoms with Crippen LogP contribution in [0.1, 0.15) is 12.8 Å². The van der Waals surface area contributed by atoms with E-state index in [4.69, 9.17) is 17.1 Å². The largest absolute Gasteiger partial charge is 0.281 e. The molecule has 0 spiro atoms. The summed E-state index contributed by atoms with van der Waals surface area (Å²) in [7, 11) is -3.65. The molecule has 8 heteroatoms. The molecule has 0 radical (unpaired) electrons. The van der Waals surface area contributed by atoms with Crippen LogP contribution in [0, 0.1) is 0 Å². The van der Waals surface area contributed by atoms with Crippen molar-refractivity contribution in [3.8, 4) is 0 Å². The van der Waals surface area contributed by atoms with Gasteiger partial charge in [-0.2, -0.15) is 8.42 Å². The molecule has 1 aliphatic carbocycles. The predicted molar refractivity (Wildman–Crippen MR) is 46.7 cm³/mol. The Morgan fingerprint density at radius 2 is 2.31 bits per heavy atom. The highest BCUT2D eigenvalue weighted by Crippen LogP contribution is 2.28. The SMILES string of the molecule is [N-]=[N+]=N[C@@H]1CC[C@H]1OS(=O)(=O)CCl. The van der Waals surface area contributed by atoms with Crippen LogP contribution in [0.25, 0.3) is 10.4 Å². The van der Waals surface area contributed by atoms with Gasteiger partial charge < -0.3 is 0 Å². The van der Waals surface area contributed by atoms with E-state index < -0.39 is 21.4 Å². The van der Waals surface area contributed by atoms with E-state index in [1.165, 1.54) is 0 Å². The first kappa shape index (κ1) is 10.6.